The van der Waals surface area contributed by atoms with E-state index in [0.717, 1.165) is 22.6 Å². The predicted molar refractivity (Wildman–Crippen MR) is 128 cm³/mol. The van der Waals surface area contributed by atoms with Gasteiger partial charge in [-0.3, -0.25) is 9.52 Å². The molecule has 0 bridgehead atoms. The summed E-state index contributed by atoms with van der Waals surface area (Å²) < 4.78 is 33.0. The molecule has 0 saturated carbocycles. The number of methoxy groups -OCH3 is 1. The van der Waals surface area contributed by atoms with Crippen LogP contribution in [0.5, 0.6) is 5.75 Å². The summed E-state index contributed by atoms with van der Waals surface area (Å²) in [4.78, 5) is 12.3. The molecule has 1 atom stereocenters. The van der Waals surface area contributed by atoms with Crippen LogP contribution in [0.2, 0.25) is 5.02 Å². The van der Waals surface area contributed by atoms with Crippen LogP contribution < -0.4 is 9.46 Å². The zero-order chi connectivity index (χ0) is 23.6. The number of hydrogen-bond acceptors (Lipinski definition) is 5. The topological polar surface area (TPSA) is 88.1 Å². The van der Waals surface area contributed by atoms with Gasteiger partial charge in [0.25, 0.3) is 10.0 Å². The first-order valence-electron chi connectivity index (χ1n) is 10.2. The monoisotopic (exact) mass is 483 g/mol. The van der Waals surface area contributed by atoms with E-state index in [1.165, 1.54) is 24.1 Å². The Kier molecular flexibility index (Phi) is 6.40. The average Bonchev–Trinajstić information content (AvgIpc) is 3.25. The molecule has 7 nitrogen and oxygen atoms in total. The Hall–Kier alpha value is -3.36. The third-order valence-electron chi connectivity index (χ3n) is 5.31. The molecular weight excluding hydrogens is 462 g/mol. The van der Waals surface area contributed by atoms with Crippen molar-refractivity contribution in [1.29, 1.82) is 0 Å². The molecule has 3 aromatic carbocycles. The van der Waals surface area contributed by atoms with Gasteiger partial charge in [-0.05, 0) is 53.6 Å². The van der Waals surface area contributed by atoms with Crippen molar-refractivity contribution in [3.8, 4) is 5.75 Å². The molecule has 0 radical (unpaired) electrons. The van der Waals surface area contributed by atoms with Gasteiger partial charge in [-0.1, -0.05) is 41.9 Å². The van der Waals surface area contributed by atoms with E-state index in [9.17, 15) is 13.2 Å². The van der Waals surface area contributed by atoms with E-state index in [0.29, 0.717) is 17.1 Å². The van der Waals surface area contributed by atoms with Crippen molar-refractivity contribution in [3.63, 3.8) is 0 Å². The number of halogens is 1. The number of sulfonamides is 1. The first-order valence-corrected chi connectivity index (χ1v) is 12.0. The van der Waals surface area contributed by atoms with E-state index < -0.39 is 10.0 Å². The molecule has 1 amide bonds. The predicted octanol–water partition coefficient (Wildman–Crippen LogP) is 4.85. The number of hydrogen-bond donors (Lipinski definition) is 1. The first kappa shape index (κ1) is 22.8. The fraction of sp³-hybridized carbons (Fsp3) is 0.167. The lowest BCUT2D eigenvalue weighted by atomic mass is 9.98. The Morgan fingerprint density at radius 2 is 1.79 bits per heavy atom. The highest BCUT2D eigenvalue weighted by atomic mass is 35.5. The summed E-state index contributed by atoms with van der Waals surface area (Å²) in [5, 5.41) is 6.36. The normalized spacial score (nSPS) is 15.8. The quantitative estimate of drug-likeness (QED) is 0.543. The smallest absolute Gasteiger partial charge is 0.261 e. The van der Waals surface area contributed by atoms with Crippen LogP contribution in [-0.4, -0.2) is 32.2 Å². The molecule has 3 aromatic rings. The summed E-state index contributed by atoms with van der Waals surface area (Å²) in [6, 6.07) is 20.3. The summed E-state index contributed by atoms with van der Waals surface area (Å²) in [6.07, 6.45) is 0.541. The van der Waals surface area contributed by atoms with Gasteiger partial charge in [0, 0.05) is 24.1 Å². The van der Waals surface area contributed by atoms with Crippen LogP contribution in [0.3, 0.4) is 0 Å². The van der Waals surface area contributed by atoms with Gasteiger partial charge in [-0.2, -0.15) is 5.10 Å². The van der Waals surface area contributed by atoms with Crippen LogP contribution in [0.15, 0.2) is 82.8 Å². The first-order chi connectivity index (χ1) is 15.8. The highest BCUT2D eigenvalue weighted by Crippen LogP contribution is 2.34. The Labute approximate surface area is 197 Å². The molecule has 170 valence electrons. The molecule has 1 unspecified atom stereocenters. The minimum absolute atomic E-state index is 0.0821. The van der Waals surface area contributed by atoms with Crippen LogP contribution in [-0.2, 0) is 14.8 Å². The minimum atomic E-state index is -3.77. The minimum Gasteiger partial charge on any atom is -0.497 e. The van der Waals surface area contributed by atoms with Crippen LogP contribution in [0.4, 0.5) is 5.69 Å². The van der Waals surface area contributed by atoms with Crippen molar-refractivity contribution in [2.75, 3.05) is 11.8 Å². The van der Waals surface area contributed by atoms with Gasteiger partial charge in [0.2, 0.25) is 5.91 Å². The van der Waals surface area contributed by atoms with Crippen molar-refractivity contribution in [3.05, 3.63) is 88.9 Å². The lowest BCUT2D eigenvalue weighted by Crippen LogP contribution is -2.24. The Morgan fingerprint density at radius 3 is 2.39 bits per heavy atom. The molecule has 0 saturated heterocycles. The van der Waals surface area contributed by atoms with Crippen LogP contribution in [0.25, 0.3) is 0 Å². The number of amides is 1. The Morgan fingerprint density at radius 1 is 1.09 bits per heavy atom. The summed E-state index contributed by atoms with van der Waals surface area (Å²) in [6.45, 7) is 1.48. The highest BCUT2D eigenvalue weighted by molar-refractivity contribution is 7.92. The lowest BCUT2D eigenvalue weighted by Gasteiger charge is -2.20. The van der Waals surface area contributed by atoms with Gasteiger partial charge in [0.05, 0.1) is 23.8 Å². The number of rotatable bonds is 6. The Balaban J connectivity index is 1.53. The number of ether oxygens (including phenoxy) is 1. The van der Waals surface area contributed by atoms with Gasteiger partial charge in [-0.15, -0.1) is 0 Å². The second-order valence-electron chi connectivity index (χ2n) is 7.54. The standard InChI is InChI=1S/C24H22ClN3O4S/c1-16(29)28-24(18-8-12-21(32-2)13-9-18)15-23(26-28)17-6-10-20(11-7-17)27-33(30,31)22-5-3-4-19(25)14-22/h3-14,24,27H,15H2,1-2H3. The van der Waals surface area contributed by atoms with Gasteiger partial charge >= 0.3 is 0 Å². The van der Waals surface area contributed by atoms with E-state index >= 15 is 0 Å². The van der Waals surface area contributed by atoms with Crippen LogP contribution in [0, 0.1) is 0 Å². The van der Waals surface area contributed by atoms with E-state index in [4.69, 9.17) is 16.3 Å². The number of anilines is 1. The number of hydrazone groups is 1. The van der Waals surface area contributed by atoms with E-state index in [1.54, 1.807) is 43.5 Å². The zero-order valence-electron chi connectivity index (χ0n) is 18.0. The maximum absolute atomic E-state index is 12.6. The third kappa shape index (κ3) is 5.02. The summed E-state index contributed by atoms with van der Waals surface area (Å²) in [7, 11) is -2.16. The number of benzene rings is 3. The van der Waals surface area contributed by atoms with E-state index in [1.807, 2.05) is 24.3 Å². The molecule has 0 aromatic heterocycles. The van der Waals surface area contributed by atoms with E-state index in [-0.39, 0.29) is 16.8 Å². The van der Waals surface area contributed by atoms with Crippen molar-refractivity contribution in [1.82, 2.24) is 5.01 Å². The van der Waals surface area contributed by atoms with Gasteiger partial charge < -0.3 is 4.74 Å². The van der Waals surface area contributed by atoms with Crippen molar-refractivity contribution in [2.24, 2.45) is 5.10 Å². The van der Waals surface area contributed by atoms with Crippen molar-refractivity contribution >= 4 is 38.9 Å². The van der Waals surface area contributed by atoms with Crippen LogP contribution >= 0.6 is 11.6 Å². The Bertz CT molecular complexity index is 1310. The molecule has 0 spiro atoms. The molecule has 1 N–H and O–H groups in total. The molecule has 9 heteroatoms. The molecule has 1 aliphatic heterocycles. The second-order valence-corrected chi connectivity index (χ2v) is 9.66. The van der Waals surface area contributed by atoms with Gasteiger partial charge in [0.15, 0.2) is 0 Å². The molecule has 33 heavy (non-hydrogen) atoms. The summed E-state index contributed by atoms with van der Waals surface area (Å²) in [5.74, 6) is 0.583. The SMILES string of the molecule is COc1ccc(C2CC(c3ccc(NS(=O)(=O)c4cccc(Cl)c4)cc3)=NN2C(C)=O)cc1. The second kappa shape index (κ2) is 9.25. The molecule has 0 fully saturated rings. The fourth-order valence-corrected chi connectivity index (χ4v) is 5.00. The summed E-state index contributed by atoms with van der Waals surface area (Å²) >= 11 is 5.91. The lowest BCUT2D eigenvalue weighted by molar-refractivity contribution is -0.130. The van der Waals surface area contributed by atoms with E-state index in [2.05, 4.69) is 9.82 Å². The average molecular weight is 484 g/mol. The van der Waals surface area contributed by atoms with Gasteiger partial charge in [-0.25, -0.2) is 13.4 Å². The third-order valence-corrected chi connectivity index (χ3v) is 6.92. The fourth-order valence-electron chi connectivity index (χ4n) is 3.64. The maximum atomic E-state index is 12.6. The molecular formula is C24H22ClN3O4S. The van der Waals surface area contributed by atoms with Gasteiger partial charge in [0.1, 0.15) is 5.75 Å². The van der Waals surface area contributed by atoms with Crippen LogP contribution in [0.1, 0.15) is 30.5 Å². The highest BCUT2D eigenvalue weighted by Gasteiger charge is 2.31. The molecule has 0 aliphatic carbocycles. The molecule has 4 rings (SSSR count). The number of carbonyl (C=O) groups excluding carboxylic acids is 1. The number of nitrogens with one attached hydrogen (secondary N) is 1. The maximum Gasteiger partial charge on any atom is 0.261 e. The van der Waals surface area contributed by atoms with Crippen molar-refractivity contribution < 1.29 is 17.9 Å². The van der Waals surface area contributed by atoms with Crippen molar-refractivity contribution in [2.45, 2.75) is 24.3 Å². The number of carbonyl (C=O) groups is 1. The molecule has 1 aliphatic rings. The summed E-state index contributed by atoms with van der Waals surface area (Å²) in [5.41, 5.74) is 2.92. The largest absolute Gasteiger partial charge is 0.497 e. The molecule has 1 heterocycles. The zero-order valence-corrected chi connectivity index (χ0v) is 19.6. The number of nitrogens with zero attached hydrogens (tertiary/aromatic N) is 2.